The van der Waals surface area contributed by atoms with Gasteiger partial charge in [0.05, 0.1) is 29.1 Å². The number of aromatic nitrogens is 4. The Morgan fingerprint density at radius 2 is 1.81 bits per heavy atom. The molecule has 8 nitrogen and oxygen atoms in total. The molecule has 2 aromatic carbocycles. The Morgan fingerprint density at radius 1 is 1.03 bits per heavy atom. The van der Waals surface area contributed by atoms with Gasteiger partial charge in [-0.2, -0.15) is 14.9 Å². The zero-order valence-electron chi connectivity index (χ0n) is 19.6. The lowest BCUT2D eigenvalue weighted by atomic mass is 10.1. The van der Waals surface area contributed by atoms with Crippen LogP contribution in [-0.4, -0.2) is 38.6 Å². The summed E-state index contributed by atoms with van der Waals surface area (Å²) >= 11 is 0. The molecule has 10 heteroatoms. The molecule has 4 aromatic rings. The molecule has 0 bridgehead atoms. The summed E-state index contributed by atoms with van der Waals surface area (Å²) in [5, 5.41) is 12.5. The van der Waals surface area contributed by atoms with E-state index in [-0.39, 0.29) is 5.69 Å². The van der Waals surface area contributed by atoms with Crippen molar-refractivity contribution in [1.29, 1.82) is 0 Å². The first kappa shape index (κ1) is 22.4. The molecule has 6 rings (SSSR count). The lowest BCUT2D eigenvalue weighted by Crippen LogP contribution is -2.27. The van der Waals surface area contributed by atoms with Gasteiger partial charge in [0.15, 0.2) is 11.6 Å². The van der Waals surface area contributed by atoms with Gasteiger partial charge >= 0.3 is 0 Å². The van der Waals surface area contributed by atoms with Crippen molar-refractivity contribution in [3.05, 3.63) is 76.3 Å². The molecule has 1 unspecified atom stereocenters. The van der Waals surface area contributed by atoms with Crippen molar-refractivity contribution in [2.45, 2.75) is 32.2 Å². The number of hydrogen-bond acceptors (Lipinski definition) is 5. The van der Waals surface area contributed by atoms with Crippen LogP contribution in [0.25, 0.3) is 16.6 Å². The molecule has 2 fully saturated rings. The Labute approximate surface area is 205 Å². The minimum Gasteiger partial charge on any atom is -0.369 e. The summed E-state index contributed by atoms with van der Waals surface area (Å²) in [6.07, 6.45) is 5.10. The molecule has 1 saturated heterocycles. The smallest absolute Gasteiger partial charge is 0.276 e. The molecule has 3 heterocycles. The van der Waals surface area contributed by atoms with Crippen LogP contribution in [-0.2, 0) is 0 Å². The standard InChI is InChI=1S/C26H24F2N6O2/c1-15-11-12-32(14-15)24-17-13-29-33(16-5-6-16)22(17)9-7-20(24)30-26(36)21-8-10-23(35)34(31-21)25-18(27)3-2-4-19(25)28/h2-4,7-10,13,15-16H,5-6,11-12,14H2,1H3,(H,30,36). The van der Waals surface area contributed by atoms with Crippen LogP contribution in [0.15, 0.2) is 53.5 Å². The number of hydrogen-bond donors (Lipinski definition) is 1. The van der Waals surface area contributed by atoms with Crippen LogP contribution in [0.4, 0.5) is 20.2 Å². The molecular weight excluding hydrogens is 466 g/mol. The van der Waals surface area contributed by atoms with Crippen LogP contribution in [0.3, 0.4) is 0 Å². The van der Waals surface area contributed by atoms with Gasteiger partial charge in [0, 0.05) is 24.5 Å². The molecule has 0 spiro atoms. The maximum atomic E-state index is 14.3. The zero-order chi connectivity index (χ0) is 25.0. The Bertz CT molecular complexity index is 1540. The summed E-state index contributed by atoms with van der Waals surface area (Å²) in [4.78, 5) is 27.9. The lowest BCUT2D eigenvalue weighted by molar-refractivity contribution is 0.102. The normalized spacial score (nSPS) is 17.6. The largest absolute Gasteiger partial charge is 0.369 e. The Balaban J connectivity index is 1.39. The van der Waals surface area contributed by atoms with Gasteiger partial charge < -0.3 is 10.2 Å². The first-order chi connectivity index (χ1) is 17.4. The monoisotopic (exact) mass is 490 g/mol. The summed E-state index contributed by atoms with van der Waals surface area (Å²) in [7, 11) is 0. The second-order valence-electron chi connectivity index (χ2n) is 9.55. The number of benzene rings is 2. The van der Waals surface area contributed by atoms with E-state index in [1.54, 1.807) is 0 Å². The van der Waals surface area contributed by atoms with Gasteiger partial charge in [0.2, 0.25) is 0 Å². The number of nitrogens with zero attached hydrogens (tertiary/aromatic N) is 5. The SMILES string of the molecule is CC1CCN(c2c(NC(=O)c3ccc(=O)n(-c4c(F)cccc4F)n3)ccc3c2cnn3C2CC2)C1. The van der Waals surface area contributed by atoms with Crippen LogP contribution in [0.1, 0.15) is 42.7 Å². The number of carbonyl (C=O) groups is 1. The molecule has 1 atom stereocenters. The van der Waals surface area contributed by atoms with E-state index in [1.165, 1.54) is 12.1 Å². The topological polar surface area (TPSA) is 85.1 Å². The second kappa shape index (κ2) is 8.54. The van der Waals surface area contributed by atoms with E-state index in [0.717, 1.165) is 67.1 Å². The third-order valence-electron chi connectivity index (χ3n) is 6.82. The lowest BCUT2D eigenvalue weighted by Gasteiger charge is -2.23. The molecule has 184 valence electrons. The van der Waals surface area contributed by atoms with Crippen LogP contribution in [0.5, 0.6) is 0 Å². The fraction of sp³-hybridized carbons (Fsp3) is 0.308. The quantitative estimate of drug-likeness (QED) is 0.451. The van der Waals surface area contributed by atoms with Gasteiger partial charge in [-0.05, 0) is 55.5 Å². The number of carbonyl (C=O) groups excluding carboxylic acids is 1. The Kier molecular flexibility index (Phi) is 5.31. The fourth-order valence-corrected chi connectivity index (χ4v) is 4.87. The number of anilines is 2. The van der Waals surface area contributed by atoms with Gasteiger partial charge in [-0.25, -0.2) is 8.78 Å². The summed E-state index contributed by atoms with van der Waals surface area (Å²) < 4.78 is 31.2. The summed E-state index contributed by atoms with van der Waals surface area (Å²) in [5.41, 5.74) is 0.978. The number of amides is 1. The average molecular weight is 491 g/mol. The van der Waals surface area contributed by atoms with E-state index in [1.807, 2.05) is 23.0 Å². The third kappa shape index (κ3) is 3.82. The molecule has 1 saturated carbocycles. The highest BCUT2D eigenvalue weighted by atomic mass is 19.1. The molecule has 1 amide bonds. The Morgan fingerprint density at radius 3 is 2.50 bits per heavy atom. The number of rotatable bonds is 5. The van der Waals surface area contributed by atoms with Gasteiger partial charge in [-0.1, -0.05) is 13.0 Å². The maximum absolute atomic E-state index is 14.3. The molecule has 1 N–H and O–H groups in total. The van der Waals surface area contributed by atoms with Crippen molar-refractivity contribution < 1.29 is 13.6 Å². The molecule has 1 aliphatic heterocycles. The Hall–Kier alpha value is -4.08. The zero-order valence-corrected chi connectivity index (χ0v) is 19.6. The van der Waals surface area contributed by atoms with Crippen LogP contribution >= 0.6 is 0 Å². The molecule has 2 aliphatic rings. The second-order valence-corrected chi connectivity index (χ2v) is 9.55. The van der Waals surface area contributed by atoms with E-state index in [4.69, 9.17) is 0 Å². The van der Waals surface area contributed by atoms with Crippen molar-refractivity contribution in [2.75, 3.05) is 23.3 Å². The molecular formula is C26H24F2N6O2. The first-order valence-electron chi connectivity index (χ1n) is 12.0. The maximum Gasteiger partial charge on any atom is 0.276 e. The number of halogens is 2. The molecule has 1 aliphatic carbocycles. The van der Waals surface area contributed by atoms with Crippen molar-refractivity contribution >= 4 is 28.2 Å². The summed E-state index contributed by atoms with van der Waals surface area (Å²) in [6.45, 7) is 3.90. The minimum atomic E-state index is -0.953. The highest BCUT2D eigenvalue weighted by Gasteiger charge is 2.29. The summed E-state index contributed by atoms with van der Waals surface area (Å²) in [5.74, 6) is -1.98. The van der Waals surface area contributed by atoms with Gasteiger partial charge in [0.1, 0.15) is 11.4 Å². The van der Waals surface area contributed by atoms with E-state index >= 15 is 0 Å². The van der Waals surface area contributed by atoms with Crippen LogP contribution in [0.2, 0.25) is 0 Å². The first-order valence-corrected chi connectivity index (χ1v) is 12.0. The van der Waals surface area contributed by atoms with Crippen molar-refractivity contribution in [3.8, 4) is 5.69 Å². The fourth-order valence-electron chi connectivity index (χ4n) is 4.87. The average Bonchev–Trinajstić information content (AvgIpc) is 3.46. The summed E-state index contributed by atoms with van der Waals surface area (Å²) in [6, 6.07) is 9.77. The predicted octanol–water partition coefficient (Wildman–Crippen LogP) is 4.29. The van der Waals surface area contributed by atoms with Gasteiger partial charge in [-0.3, -0.25) is 14.3 Å². The number of para-hydroxylation sites is 1. The van der Waals surface area contributed by atoms with Gasteiger partial charge in [0.25, 0.3) is 11.5 Å². The van der Waals surface area contributed by atoms with E-state index in [2.05, 4.69) is 27.3 Å². The van der Waals surface area contributed by atoms with E-state index < -0.39 is 28.8 Å². The highest BCUT2D eigenvalue weighted by Crippen LogP contribution is 2.42. The number of fused-ring (bicyclic) bond motifs is 1. The van der Waals surface area contributed by atoms with E-state index in [9.17, 15) is 18.4 Å². The number of nitrogens with one attached hydrogen (secondary N) is 1. The third-order valence-corrected chi connectivity index (χ3v) is 6.82. The van der Waals surface area contributed by atoms with Crippen molar-refractivity contribution in [1.82, 2.24) is 19.6 Å². The minimum absolute atomic E-state index is 0.147. The van der Waals surface area contributed by atoms with E-state index in [0.29, 0.717) is 22.3 Å². The molecule has 0 radical (unpaired) electrons. The van der Waals surface area contributed by atoms with Crippen molar-refractivity contribution in [2.24, 2.45) is 5.92 Å². The van der Waals surface area contributed by atoms with Crippen LogP contribution in [0, 0.1) is 17.6 Å². The molecule has 2 aromatic heterocycles. The predicted molar refractivity (Wildman–Crippen MR) is 132 cm³/mol. The van der Waals surface area contributed by atoms with Crippen molar-refractivity contribution in [3.63, 3.8) is 0 Å². The van der Waals surface area contributed by atoms with Gasteiger partial charge in [-0.15, -0.1) is 0 Å². The highest BCUT2D eigenvalue weighted by molar-refractivity contribution is 6.08. The van der Waals surface area contributed by atoms with Crippen LogP contribution < -0.4 is 15.8 Å². The molecule has 36 heavy (non-hydrogen) atoms.